The van der Waals surface area contributed by atoms with Crippen LogP contribution in [-0.4, -0.2) is 71.7 Å². The lowest BCUT2D eigenvalue weighted by Crippen LogP contribution is -2.48. The minimum absolute atomic E-state index is 0.234. The first-order chi connectivity index (χ1) is 19.7. The van der Waals surface area contributed by atoms with Crippen molar-refractivity contribution < 1.29 is 14.3 Å². The van der Waals surface area contributed by atoms with Crippen molar-refractivity contribution in [2.24, 2.45) is 0 Å². The van der Waals surface area contributed by atoms with Crippen LogP contribution in [-0.2, 0) is 4.79 Å². The van der Waals surface area contributed by atoms with Gasteiger partial charge in [-0.15, -0.1) is 10.2 Å². The Bertz CT molecular complexity index is 1390. The van der Waals surface area contributed by atoms with Crippen molar-refractivity contribution >= 4 is 23.4 Å². The van der Waals surface area contributed by atoms with Gasteiger partial charge in [-0.05, 0) is 49.2 Å². The molecule has 5 rings (SSSR count). The first-order valence-corrected chi connectivity index (χ1v) is 14.6. The van der Waals surface area contributed by atoms with Gasteiger partial charge in [0.15, 0.2) is 11.0 Å². The SMILES string of the molecule is COc1ccc(-n2c(SCCCCC(=O)N3CCN(c4ccccc4OC)CC3)nnc2-c2ccccc2)cc1. The van der Waals surface area contributed by atoms with E-state index in [1.54, 1.807) is 26.0 Å². The van der Waals surface area contributed by atoms with Crippen molar-refractivity contribution in [2.45, 2.75) is 24.4 Å². The number of benzene rings is 3. The number of piperazine rings is 1. The van der Waals surface area contributed by atoms with E-state index in [0.717, 1.165) is 84.2 Å². The molecule has 0 aliphatic carbocycles. The summed E-state index contributed by atoms with van der Waals surface area (Å²) in [7, 11) is 3.36. The largest absolute Gasteiger partial charge is 0.497 e. The molecule has 1 amide bonds. The number of ether oxygens (including phenoxy) is 2. The Balaban J connectivity index is 1.13. The van der Waals surface area contributed by atoms with Crippen molar-refractivity contribution in [2.75, 3.05) is 51.1 Å². The molecule has 1 fully saturated rings. The van der Waals surface area contributed by atoms with Gasteiger partial charge in [0.25, 0.3) is 0 Å². The van der Waals surface area contributed by atoms with E-state index in [9.17, 15) is 4.79 Å². The van der Waals surface area contributed by atoms with Gasteiger partial charge in [0.05, 0.1) is 19.9 Å². The second kappa shape index (κ2) is 13.4. The van der Waals surface area contributed by atoms with E-state index >= 15 is 0 Å². The smallest absolute Gasteiger partial charge is 0.222 e. The summed E-state index contributed by atoms with van der Waals surface area (Å²) in [5, 5.41) is 9.87. The molecule has 0 atom stereocenters. The number of carbonyl (C=O) groups is 1. The molecule has 40 heavy (non-hydrogen) atoms. The Labute approximate surface area is 239 Å². The number of unbranched alkanes of at least 4 members (excludes halogenated alkanes) is 1. The van der Waals surface area contributed by atoms with Crippen molar-refractivity contribution in [3.05, 3.63) is 78.9 Å². The highest BCUT2D eigenvalue weighted by Gasteiger charge is 2.22. The summed E-state index contributed by atoms with van der Waals surface area (Å²) in [5.74, 6) is 3.57. The maximum absolute atomic E-state index is 12.9. The number of methoxy groups -OCH3 is 2. The van der Waals surface area contributed by atoms with Crippen LogP contribution in [0.25, 0.3) is 17.1 Å². The highest BCUT2D eigenvalue weighted by molar-refractivity contribution is 7.99. The van der Waals surface area contributed by atoms with Gasteiger partial charge in [0.1, 0.15) is 11.5 Å². The zero-order valence-corrected chi connectivity index (χ0v) is 23.8. The number of para-hydroxylation sites is 2. The van der Waals surface area contributed by atoms with Crippen LogP contribution in [0.15, 0.2) is 84.0 Å². The fourth-order valence-electron chi connectivity index (χ4n) is 4.89. The molecule has 0 N–H and O–H groups in total. The lowest BCUT2D eigenvalue weighted by Gasteiger charge is -2.36. The standard InChI is InChI=1S/C31H35N5O3S/c1-38-26-17-15-25(16-18-26)36-30(24-10-4-3-5-11-24)32-33-31(36)40-23-9-8-14-29(37)35-21-19-34(20-22-35)27-12-6-7-13-28(27)39-2/h3-7,10-13,15-18H,8-9,14,19-23H2,1-2H3. The number of carbonyl (C=O) groups excluding carboxylic acids is 1. The molecule has 0 saturated carbocycles. The van der Waals surface area contributed by atoms with E-state index in [0.29, 0.717) is 6.42 Å². The fourth-order valence-corrected chi connectivity index (χ4v) is 5.84. The molecule has 0 spiro atoms. The van der Waals surface area contributed by atoms with E-state index in [1.807, 2.05) is 77.7 Å². The minimum atomic E-state index is 0.234. The second-order valence-electron chi connectivity index (χ2n) is 9.55. The lowest BCUT2D eigenvalue weighted by molar-refractivity contribution is -0.131. The zero-order chi connectivity index (χ0) is 27.7. The normalized spacial score (nSPS) is 13.3. The number of hydrogen-bond donors (Lipinski definition) is 0. The monoisotopic (exact) mass is 557 g/mol. The van der Waals surface area contributed by atoms with E-state index in [1.165, 1.54) is 0 Å². The molecule has 3 aromatic carbocycles. The van der Waals surface area contributed by atoms with Gasteiger partial charge in [-0.3, -0.25) is 9.36 Å². The van der Waals surface area contributed by atoms with Crippen molar-refractivity contribution in [1.82, 2.24) is 19.7 Å². The zero-order valence-electron chi connectivity index (χ0n) is 23.0. The second-order valence-corrected chi connectivity index (χ2v) is 10.6. The van der Waals surface area contributed by atoms with Crippen LogP contribution in [0.3, 0.4) is 0 Å². The van der Waals surface area contributed by atoms with Crippen LogP contribution in [0.2, 0.25) is 0 Å². The van der Waals surface area contributed by atoms with Crippen LogP contribution in [0, 0.1) is 0 Å². The lowest BCUT2D eigenvalue weighted by atomic mass is 10.2. The Kier molecular flexibility index (Phi) is 9.23. The summed E-state index contributed by atoms with van der Waals surface area (Å²) in [4.78, 5) is 17.2. The fraction of sp³-hybridized carbons (Fsp3) is 0.323. The van der Waals surface area contributed by atoms with Crippen molar-refractivity contribution in [3.8, 4) is 28.6 Å². The third kappa shape index (κ3) is 6.42. The molecule has 0 bridgehead atoms. The summed E-state index contributed by atoms with van der Waals surface area (Å²) in [6.45, 7) is 3.09. The number of nitrogens with zero attached hydrogens (tertiary/aromatic N) is 5. The molecule has 9 heteroatoms. The number of hydrogen-bond acceptors (Lipinski definition) is 7. The number of amides is 1. The first kappa shape index (κ1) is 27.6. The van der Waals surface area contributed by atoms with Gasteiger partial charge < -0.3 is 19.3 Å². The average molecular weight is 558 g/mol. The molecule has 1 aromatic heterocycles. The molecule has 8 nitrogen and oxygen atoms in total. The molecule has 0 unspecified atom stereocenters. The predicted octanol–water partition coefficient (Wildman–Crippen LogP) is 5.56. The first-order valence-electron chi connectivity index (χ1n) is 13.6. The maximum Gasteiger partial charge on any atom is 0.222 e. The summed E-state index contributed by atoms with van der Waals surface area (Å²) >= 11 is 1.67. The van der Waals surface area contributed by atoms with Crippen molar-refractivity contribution in [1.29, 1.82) is 0 Å². The summed E-state index contributed by atoms with van der Waals surface area (Å²) < 4.78 is 12.9. The van der Waals surface area contributed by atoms with Gasteiger partial charge in [-0.2, -0.15) is 0 Å². The number of rotatable bonds is 11. The van der Waals surface area contributed by atoms with Gasteiger partial charge in [0.2, 0.25) is 5.91 Å². The molecule has 4 aromatic rings. The summed E-state index contributed by atoms with van der Waals surface area (Å²) in [5.41, 5.74) is 3.08. The van der Waals surface area contributed by atoms with Crippen LogP contribution in [0.5, 0.6) is 11.5 Å². The molecule has 1 saturated heterocycles. The van der Waals surface area contributed by atoms with Gasteiger partial charge in [-0.1, -0.05) is 54.2 Å². The van der Waals surface area contributed by atoms with Crippen molar-refractivity contribution in [3.63, 3.8) is 0 Å². The third-order valence-electron chi connectivity index (χ3n) is 7.07. The van der Waals surface area contributed by atoms with E-state index in [4.69, 9.17) is 9.47 Å². The average Bonchev–Trinajstić information content (AvgIpc) is 3.45. The number of anilines is 1. The van der Waals surface area contributed by atoms with Crippen LogP contribution in [0.1, 0.15) is 19.3 Å². The van der Waals surface area contributed by atoms with Gasteiger partial charge in [0, 0.05) is 49.6 Å². The Morgan fingerprint density at radius 1 is 0.825 bits per heavy atom. The highest BCUT2D eigenvalue weighted by atomic mass is 32.2. The van der Waals surface area contributed by atoms with Crippen LogP contribution in [0.4, 0.5) is 5.69 Å². The molecule has 1 aliphatic heterocycles. The molecular formula is C31H35N5O3S. The van der Waals surface area contributed by atoms with E-state index < -0.39 is 0 Å². The van der Waals surface area contributed by atoms with E-state index in [-0.39, 0.29) is 5.91 Å². The Morgan fingerprint density at radius 2 is 1.55 bits per heavy atom. The Hall–Kier alpha value is -3.98. The molecule has 1 aliphatic rings. The summed E-state index contributed by atoms with van der Waals surface area (Å²) in [6, 6.07) is 26.1. The topological polar surface area (TPSA) is 72.7 Å². The van der Waals surface area contributed by atoms with Crippen LogP contribution < -0.4 is 14.4 Å². The molecule has 0 radical (unpaired) electrons. The molecule has 2 heterocycles. The van der Waals surface area contributed by atoms with Gasteiger partial charge in [-0.25, -0.2) is 0 Å². The predicted molar refractivity (Wildman–Crippen MR) is 160 cm³/mol. The van der Waals surface area contributed by atoms with Gasteiger partial charge >= 0.3 is 0 Å². The molecule has 208 valence electrons. The summed E-state index contributed by atoms with van der Waals surface area (Å²) in [6.07, 6.45) is 2.34. The number of aromatic nitrogens is 3. The minimum Gasteiger partial charge on any atom is -0.497 e. The quantitative estimate of drug-likeness (QED) is 0.177. The highest BCUT2D eigenvalue weighted by Crippen LogP contribution is 2.30. The van der Waals surface area contributed by atoms with E-state index in [2.05, 4.69) is 25.7 Å². The maximum atomic E-state index is 12.9. The molecular weight excluding hydrogens is 522 g/mol. The number of thioether (sulfide) groups is 1. The van der Waals surface area contributed by atoms with Crippen LogP contribution >= 0.6 is 11.8 Å². The Morgan fingerprint density at radius 3 is 2.27 bits per heavy atom. The third-order valence-corrected chi connectivity index (χ3v) is 8.09.